The maximum absolute atomic E-state index is 4.15. The van der Waals surface area contributed by atoms with Crippen molar-refractivity contribution in [2.75, 3.05) is 11.4 Å². The largest absolute Gasteiger partial charge is 0.361 e. The summed E-state index contributed by atoms with van der Waals surface area (Å²) in [7, 11) is 0. The molecule has 112 valence electrons. The summed E-state index contributed by atoms with van der Waals surface area (Å²) in [5, 5.41) is 1.31. The maximum Gasteiger partial charge on any atom is 0.0456 e. The van der Waals surface area contributed by atoms with E-state index in [2.05, 4.69) is 85.0 Å². The Bertz CT molecular complexity index is 798. The number of aromatic amines is 1. The van der Waals surface area contributed by atoms with E-state index in [9.17, 15) is 0 Å². The van der Waals surface area contributed by atoms with Crippen molar-refractivity contribution in [3.63, 3.8) is 0 Å². The Labute approximate surface area is 132 Å². The van der Waals surface area contributed by atoms with Gasteiger partial charge in [0.1, 0.15) is 0 Å². The summed E-state index contributed by atoms with van der Waals surface area (Å²) in [6, 6.07) is 16.9. The van der Waals surface area contributed by atoms with E-state index < -0.39 is 0 Å². The number of nitrogens with zero attached hydrogens (tertiary/aromatic N) is 1. The lowest BCUT2D eigenvalue weighted by atomic mass is 10.1. The predicted molar refractivity (Wildman–Crippen MR) is 95.3 cm³/mol. The zero-order chi connectivity index (χ0) is 15.5. The molecule has 0 aliphatic rings. The van der Waals surface area contributed by atoms with Gasteiger partial charge in [0.05, 0.1) is 0 Å². The minimum absolute atomic E-state index is 0.933. The molecule has 2 heteroatoms. The van der Waals surface area contributed by atoms with E-state index in [0.717, 1.165) is 18.7 Å². The topological polar surface area (TPSA) is 19.0 Å². The molecular weight excluding hydrogens is 268 g/mol. The van der Waals surface area contributed by atoms with E-state index in [1.807, 2.05) is 0 Å². The third-order valence-electron chi connectivity index (χ3n) is 4.15. The minimum atomic E-state index is 0.933. The van der Waals surface area contributed by atoms with Gasteiger partial charge in [-0.3, -0.25) is 0 Å². The first kappa shape index (κ1) is 14.5. The first-order valence-corrected chi connectivity index (χ1v) is 7.70. The number of hydrogen-bond acceptors (Lipinski definition) is 1. The van der Waals surface area contributed by atoms with Crippen LogP contribution in [-0.2, 0) is 6.42 Å². The number of rotatable bonds is 5. The van der Waals surface area contributed by atoms with Crippen molar-refractivity contribution < 1.29 is 0 Å². The third-order valence-corrected chi connectivity index (χ3v) is 4.15. The Balaban J connectivity index is 1.84. The van der Waals surface area contributed by atoms with E-state index in [1.54, 1.807) is 0 Å². The van der Waals surface area contributed by atoms with Crippen LogP contribution < -0.4 is 4.90 Å². The summed E-state index contributed by atoms with van der Waals surface area (Å²) < 4.78 is 0. The maximum atomic E-state index is 4.15. The van der Waals surface area contributed by atoms with Gasteiger partial charge in [0, 0.05) is 35.0 Å². The fraction of sp³-hybridized carbons (Fsp3) is 0.200. The number of hydrogen-bond donors (Lipinski definition) is 1. The van der Waals surface area contributed by atoms with Crippen LogP contribution >= 0.6 is 0 Å². The lowest BCUT2D eigenvalue weighted by Gasteiger charge is -2.26. The Hall–Kier alpha value is -2.48. The van der Waals surface area contributed by atoms with Gasteiger partial charge in [-0.25, -0.2) is 0 Å². The van der Waals surface area contributed by atoms with Gasteiger partial charge in [-0.2, -0.15) is 0 Å². The second kappa shape index (κ2) is 6.10. The van der Waals surface area contributed by atoms with Gasteiger partial charge >= 0.3 is 0 Å². The molecule has 0 unspecified atom stereocenters. The van der Waals surface area contributed by atoms with E-state index in [1.165, 1.54) is 27.7 Å². The normalized spacial score (nSPS) is 10.8. The van der Waals surface area contributed by atoms with Crippen molar-refractivity contribution in [2.45, 2.75) is 20.3 Å². The molecule has 2 nitrogen and oxygen atoms in total. The lowest BCUT2D eigenvalue weighted by molar-refractivity contribution is 0.874. The van der Waals surface area contributed by atoms with Gasteiger partial charge in [-0.1, -0.05) is 43.0 Å². The Kier molecular flexibility index (Phi) is 4.01. The van der Waals surface area contributed by atoms with Crippen LogP contribution in [0.5, 0.6) is 0 Å². The summed E-state index contributed by atoms with van der Waals surface area (Å²) >= 11 is 0. The number of aryl methyl sites for hydroxylation is 1. The third kappa shape index (κ3) is 2.77. The number of fused-ring (bicyclic) bond motifs is 1. The van der Waals surface area contributed by atoms with E-state index >= 15 is 0 Å². The number of H-pyrrole nitrogens is 1. The number of benzene rings is 2. The fourth-order valence-corrected chi connectivity index (χ4v) is 2.95. The van der Waals surface area contributed by atoms with Crippen molar-refractivity contribution in [1.29, 1.82) is 0 Å². The molecule has 0 fully saturated rings. The van der Waals surface area contributed by atoms with Crippen molar-refractivity contribution in [3.8, 4) is 0 Å². The highest BCUT2D eigenvalue weighted by Gasteiger charge is 2.11. The van der Waals surface area contributed by atoms with Crippen LogP contribution in [0.1, 0.15) is 18.1 Å². The Morgan fingerprint density at radius 2 is 1.82 bits per heavy atom. The molecule has 0 amide bonds. The van der Waals surface area contributed by atoms with Crippen LogP contribution in [0, 0.1) is 6.92 Å². The summed E-state index contributed by atoms with van der Waals surface area (Å²) in [6.07, 6.45) is 3.12. The van der Waals surface area contributed by atoms with Crippen LogP contribution in [0.3, 0.4) is 0 Å². The molecule has 1 aromatic heterocycles. The Morgan fingerprint density at radius 1 is 1.09 bits per heavy atom. The molecule has 0 bridgehead atoms. The number of aromatic nitrogens is 1. The zero-order valence-electron chi connectivity index (χ0n) is 13.3. The molecule has 1 N–H and O–H groups in total. The second-order valence-corrected chi connectivity index (χ2v) is 5.78. The van der Waals surface area contributed by atoms with Crippen LogP contribution in [0.25, 0.3) is 10.9 Å². The van der Waals surface area contributed by atoms with E-state index in [0.29, 0.717) is 0 Å². The van der Waals surface area contributed by atoms with Gasteiger partial charge in [0.25, 0.3) is 0 Å². The van der Waals surface area contributed by atoms with Crippen LogP contribution in [0.2, 0.25) is 0 Å². The predicted octanol–water partition coefficient (Wildman–Crippen LogP) is 5.06. The summed E-state index contributed by atoms with van der Waals surface area (Å²) in [4.78, 5) is 5.65. The molecule has 0 atom stereocenters. The van der Waals surface area contributed by atoms with Crippen LogP contribution in [-0.4, -0.2) is 11.5 Å². The summed E-state index contributed by atoms with van der Waals surface area (Å²) in [6.45, 7) is 9.31. The van der Waals surface area contributed by atoms with Crippen LogP contribution in [0.4, 0.5) is 5.69 Å². The molecule has 3 rings (SSSR count). The molecule has 1 heterocycles. The lowest BCUT2D eigenvalue weighted by Crippen LogP contribution is -2.23. The second-order valence-electron chi connectivity index (χ2n) is 5.78. The fourth-order valence-electron chi connectivity index (χ4n) is 2.95. The highest BCUT2D eigenvalue weighted by Crippen LogP contribution is 2.24. The standard InChI is InChI=1S/C20H22N2/c1-15(2)22(20-11-7-4-8-16(20)3)13-12-17-14-21-19-10-6-5-9-18(17)19/h4-11,14,21H,1,12-13H2,2-3H3. The Morgan fingerprint density at radius 3 is 2.59 bits per heavy atom. The molecule has 22 heavy (non-hydrogen) atoms. The van der Waals surface area contributed by atoms with Crippen molar-refractivity contribution in [2.24, 2.45) is 0 Å². The highest BCUT2D eigenvalue weighted by molar-refractivity contribution is 5.83. The molecule has 0 saturated heterocycles. The molecular formula is C20H22N2. The van der Waals surface area contributed by atoms with Gasteiger partial charge in [-0.15, -0.1) is 0 Å². The molecule has 0 spiro atoms. The summed E-state index contributed by atoms with van der Waals surface area (Å²) in [5.74, 6) is 0. The first-order valence-electron chi connectivity index (χ1n) is 7.70. The quantitative estimate of drug-likeness (QED) is 0.696. The molecule has 0 saturated carbocycles. The smallest absolute Gasteiger partial charge is 0.0456 e. The van der Waals surface area contributed by atoms with Gasteiger partial charge in [-0.05, 0) is 43.5 Å². The van der Waals surface area contributed by atoms with E-state index in [-0.39, 0.29) is 0 Å². The SMILES string of the molecule is C=C(C)N(CCc1c[nH]c2ccccc12)c1ccccc1C. The molecule has 3 aromatic rings. The van der Waals surface area contributed by atoms with Gasteiger partial charge in [0.15, 0.2) is 0 Å². The highest BCUT2D eigenvalue weighted by atomic mass is 15.1. The number of nitrogens with one attached hydrogen (secondary N) is 1. The molecule has 0 radical (unpaired) electrons. The average molecular weight is 290 g/mol. The van der Waals surface area contributed by atoms with Crippen molar-refractivity contribution >= 4 is 16.6 Å². The van der Waals surface area contributed by atoms with Crippen molar-refractivity contribution in [1.82, 2.24) is 4.98 Å². The number of allylic oxidation sites excluding steroid dienone is 1. The number of anilines is 1. The van der Waals surface area contributed by atoms with Crippen molar-refractivity contribution in [3.05, 3.63) is 78.1 Å². The monoisotopic (exact) mass is 290 g/mol. The van der Waals surface area contributed by atoms with Crippen LogP contribution in [0.15, 0.2) is 67.0 Å². The zero-order valence-corrected chi connectivity index (χ0v) is 13.3. The average Bonchev–Trinajstić information content (AvgIpc) is 2.92. The summed E-state index contributed by atoms with van der Waals surface area (Å²) in [5.41, 5.74) is 6.17. The van der Waals surface area contributed by atoms with Gasteiger partial charge in [0.2, 0.25) is 0 Å². The first-order chi connectivity index (χ1) is 10.7. The molecule has 0 aliphatic heterocycles. The minimum Gasteiger partial charge on any atom is -0.361 e. The molecule has 0 aliphatic carbocycles. The van der Waals surface area contributed by atoms with E-state index in [4.69, 9.17) is 0 Å². The molecule has 2 aromatic carbocycles. The number of para-hydroxylation sites is 2. The van der Waals surface area contributed by atoms with Gasteiger partial charge < -0.3 is 9.88 Å².